The van der Waals surface area contributed by atoms with Crippen molar-refractivity contribution in [2.45, 2.75) is 6.61 Å². The van der Waals surface area contributed by atoms with Crippen molar-refractivity contribution >= 4 is 11.6 Å². The van der Waals surface area contributed by atoms with Crippen molar-refractivity contribution in [1.82, 2.24) is 0 Å². The zero-order valence-electron chi connectivity index (χ0n) is 19.4. The van der Waals surface area contributed by atoms with Crippen LogP contribution < -0.4 is 19.9 Å². The summed E-state index contributed by atoms with van der Waals surface area (Å²) in [6.45, 7) is 0.377. The maximum absolute atomic E-state index is 13.4. The molecule has 182 valence electrons. The molecule has 0 radical (unpaired) electrons. The molecule has 0 bridgehead atoms. The van der Waals surface area contributed by atoms with Gasteiger partial charge in [-0.25, -0.2) is 4.39 Å². The van der Waals surface area contributed by atoms with E-state index in [-0.39, 0.29) is 28.3 Å². The summed E-state index contributed by atoms with van der Waals surface area (Å²) < 4.78 is 30.4. The lowest BCUT2D eigenvalue weighted by molar-refractivity contribution is 0.103. The highest BCUT2D eigenvalue weighted by Gasteiger charge is 2.22. The fourth-order valence-electron chi connectivity index (χ4n) is 3.48. The molecule has 4 aromatic carbocycles. The van der Waals surface area contributed by atoms with Crippen molar-refractivity contribution in [3.8, 4) is 23.0 Å². The summed E-state index contributed by atoms with van der Waals surface area (Å²) >= 11 is 0. The van der Waals surface area contributed by atoms with E-state index < -0.39 is 11.6 Å². The fraction of sp³-hybridized carbons (Fsp3) is 0.0714. The van der Waals surface area contributed by atoms with Gasteiger partial charge in [0.05, 0.1) is 12.7 Å². The number of carbonyl (C=O) groups is 1. The van der Waals surface area contributed by atoms with Crippen molar-refractivity contribution in [2.24, 2.45) is 10.9 Å². The summed E-state index contributed by atoms with van der Waals surface area (Å²) in [7, 11) is 1.61. The van der Waals surface area contributed by atoms with Crippen LogP contribution in [0.15, 0.2) is 96.2 Å². The molecule has 0 heterocycles. The molecule has 0 fully saturated rings. The smallest absolute Gasteiger partial charge is 0.197 e. The minimum absolute atomic E-state index is 0.0826. The lowest BCUT2D eigenvalue weighted by atomic mass is 9.96. The molecule has 0 aliphatic carbocycles. The van der Waals surface area contributed by atoms with Crippen molar-refractivity contribution in [3.05, 3.63) is 119 Å². The number of halogens is 1. The molecule has 0 aliphatic rings. The summed E-state index contributed by atoms with van der Waals surface area (Å²) in [5.41, 5.74) is 7.30. The topological polar surface area (TPSA) is 103 Å². The fourth-order valence-corrected chi connectivity index (χ4v) is 3.48. The van der Waals surface area contributed by atoms with Crippen LogP contribution in [0.3, 0.4) is 0 Å². The van der Waals surface area contributed by atoms with Crippen LogP contribution in [0.25, 0.3) is 0 Å². The summed E-state index contributed by atoms with van der Waals surface area (Å²) in [6, 6.07) is 24.3. The van der Waals surface area contributed by atoms with Crippen molar-refractivity contribution in [3.63, 3.8) is 0 Å². The van der Waals surface area contributed by atoms with Crippen LogP contribution in [0.5, 0.6) is 23.0 Å². The van der Waals surface area contributed by atoms with Gasteiger partial charge in [-0.05, 0) is 72.3 Å². The Morgan fingerprint density at radius 1 is 0.889 bits per heavy atom. The largest absolute Gasteiger partial charge is 0.497 e. The van der Waals surface area contributed by atoms with Gasteiger partial charge in [0.15, 0.2) is 11.6 Å². The number of nitrogens with two attached hydrogens (primary N) is 1. The Balaban J connectivity index is 1.55. The van der Waals surface area contributed by atoms with Crippen LogP contribution in [0.1, 0.15) is 27.0 Å². The lowest BCUT2D eigenvalue weighted by Gasteiger charge is -2.15. The standard InChI is InChI=1S/C28H23FN2O5/c1-34-21-11-5-18(6-12-21)17-35-22-13-15-23(16-14-22)36-25-4-2-3-24(28(30)31-33)26(25)27(32)19-7-9-20(29)10-8-19/h2-16,33H,17H2,1H3,(H2,30,31). The number of benzene rings is 4. The summed E-state index contributed by atoms with van der Waals surface area (Å²) in [6.07, 6.45) is 0. The van der Waals surface area contributed by atoms with Gasteiger partial charge >= 0.3 is 0 Å². The van der Waals surface area contributed by atoms with Gasteiger partial charge < -0.3 is 25.2 Å². The summed E-state index contributed by atoms with van der Waals surface area (Å²) in [4.78, 5) is 13.3. The van der Waals surface area contributed by atoms with E-state index in [4.69, 9.17) is 19.9 Å². The molecule has 0 saturated carbocycles. The van der Waals surface area contributed by atoms with Gasteiger partial charge in [-0.3, -0.25) is 4.79 Å². The third-order valence-corrected chi connectivity index (χ3v) is 5.36. The van der Waals surface area contributed by atoms with Crippen LogP contribution >= 0.6 is 0 Å². The highest BCUT2D eigenvalue weighted by Crippen LogP contribution is 2.31. The van der Waals surface area contributed by atoms with Crippen LogP contribution in [0.2, 0.25) is 0 Å². The molecule has 0 aromatic heterocycles. The maximum atomic E-state index is 13.4. The molecule has 0 unspecified atom stereocenters. The first kappa shape index (κ1) is 24.3. The Morgan fingerprint density at radius 2 is 1.53 bits per heavy atom. The zero-order chi connectivity index (χ0) is 25.5. The Kier molecular flexibility index (Phi) is 7.45. The lowest BCUT2D eigenvalue weighted by Crippen LogP contribution is -2.19. The highest BCUT2D eigenvalue weighted by atomic mass is 19.1. The average molecular weight is 486 g/mol. The van der Waals surface area contributed by atoms with Gasteiger partial charge in [0.1, 0.15) is 35.4 Å². The number of amidine groups is 1. The number of carbonyl (C=O) groups excluding carboxylic acids is 1. The van der Waals surface area contributed by atoms with E-state index in [2.05, 4.69) is 5.16 Å². The van der Waals surface area contributed by atoms with Crippen molar-refractivity contribution in [1.29, 1.82) is 0 Å². The van der Waals surface area contributed by atoms with E-state index in [0.717, 1.165) is 11.3 Å². The van der Waals surface area contributed by atoms with E-state index >= 15 is 0 Å². The number of hydrogen-bond donors (Lipinski definition) is 2. The second kappa shape index (κ2) is 11.1. The third-order valence-electron chi connectivity index (χ3n) is 5.36. The van der Waals surface area contributed by atoms with Gasteiger partial charge in [0, 0.05) is 11.1 Å². The van der Waals surface area contributed by atoms with Crippen LogP contribution in [0.4, 0.5) is 4.39 Å². The third kappa shape index (κ3) is 5.61. The van der Waals surface area contributed by atoms with Crippen LogP contribution in [0, 0.1) is 5.82 Å². The minimum atomic E-state index is -0.470. The van der Waals surface area contributed by atoms with E-state index in [1.807, 2.05) is 24.3 Å². The van der Waals surface area contributed by atoms with Gasteiger partial charge in [-0.1, -0.05) is 29.4 Å². The predicted octanol–water partition coefficient (Wildman–Crippen LogP) is 5.53. The second-order valence-corrected chi connectivity index (χ2v) is 7.71. The molecule has 0 aliphatic heterocycles. The molecule has 0 amide bonds. The SMILES string of the molecule is COc1ccc(COc2ccc(Oc3cccc(C(N)=NO)c3C(=O)c3ccc(F)cc3)cc2)cc1. The Hall–Kier alpha value is -4.85. The van der Waals surface area contributed by atoms with Crippen LogP contribution in [-0.4, -0.2) is 23.9 Å². The average Bonchev–Trinajstić information content (AvgIpc) is 2.92. The van der Waals surface area contributed by atoms with Gasteiger partial charge in [0.25, 0.3) is 0 Å². The van der Waals surface area contributed by atoms with Crippen LogP contribution in [-0.2, 0) is 6.61 Å². The first-order valence-corrected chi connectivity index (χ1v) is 10.9. The van der Waals surface area contributed by atoms with Gasteiger partial charge in [0.2, 0.25) is 0 Å². The monoisotopic (exact) mass is 486 g/mol. The number of nitrogens with zero attached hydrogens (tertiary/aromatic N) is 1. The van der Waals surface area contributed by atoms with Crippen molar-refractivity contribution < 1.29 is 28.6 Å². The first-order chi connectivity index (χ1) is 17.5. The maximum Gasteiger partial charge on any atom is 0.197 e. The Bertz CT molecular complexity index is 1370. The number of rotatable bonds is 9. The van der Waals surface area contributed by atoms with Gasteiger partial charge in [-0.2, -0.15) is 0 Å². The number of methoxy groups -OCH3 is 1. The van der Waals surface area contributed by atoms with E-state index in [1.165, 1.54) is 30.3 Å². The normalized spacial score (nSPS) is 11.1. The van der Waals surface area contributed by atoms with Crippen molar-refractivity contribution in [2.75, 3.05) is 7.11 Å². The van der Waals surface area contributed by atoms with E-state index in [9.17, 15) is 14.4 Å². The summed E-state index contributed by atoms with van der Waals surface area (Å²) in [5, 5.41) is 12.2. The molecule has 0 saturated heterocycles. The quantitative estimate of drug-likeness (QED) is 0.106. The number of oxime groups is 1. The molecule has 7 nitrogen and oxygen atoms in total. The molecule has 3 N–H and O–H groups in total. The minimum Gasteiger partial charge on any atom is -0.497 e. The van der Waals surface area contributed by atoms with Gasteiger partial charge in [-0.15, -0.1) is 0 Å². The molecule has 8 heteroatoms. The predicted molar refractivity (Wildman–Crippen MR) is 133 cm³/mol. The number of hydrogen-bond acceptors (Lipinski definition) is 6. The Morgan fingerprint density at radius 3 is 2.17 bits per heavy atom. The molecule has 36 heavy (non-hydrogen) atoms. The molecule has 0 atom stereocenters. The first-order valence-electron chi connectivity index (χ1n) is 10.9. The molecule has 0 spiro atoms. The molecular weight excluding hydrogens is 463 g/mol. The highest BCUT2D eigenvalue weighted by molar-refractivity contribution is 6.17. The van der Waals surface area contributed by atoms with E-state index in [0.29, 0.717) is 18.1 Å². The number of ketones is 1. The molecule has 4 aromatic rings. The van der Waals surface area contributed by atoms with E-state index in [1.54, 1.807) is 43.5 Å². The second-order valence-electron chi connectivity index (χ2n) is 7.71. The summed E-state index contributed by atoms with van der Waals surface area (Å²) in [5.74, 6) is 0.846. The Labute approximate surface area is 207 Å². The zero-order valence-corrected chi connectivity index (χ0v) is 19.4. The molecule has 4 rings (SSSR count). The molecular formula is C28H23FN2O5. The number of ether oxygens (including phenoxy) is 3.